The van der Waals surface area contributed by atoms with Crippen LogP contribution in [0, 0.1) is 11.3 Å². The molecule has 1 N–H and O–H groups in total. The van der Waals surface area contributed by atoms with Crippen molar-refractivity contribution >= 4 is 17.7 Å². The van der Waals surface area contributed by atoms with Gasteiger partial charge in [-0.25, -0.2) is 4.79 Å². The molecule has 1 rings (SSSR count). The van der Waals surface area contributed by atoms with Crippen LogP contribution >= 0.6 is 11.8 Å². The standard InChI is InChI=1S/C11H8F3NO3S/c1-18-10(17)8-3-6(4-15)2-7(5-16)9(8)19-11(12,13)14/h2-3,16H,5H2,1H3. The zero-order chi connectivity index (χ0) is 14.6. The van der Waals surface area contributed by atoms with Crippen LogP contribution in [0.2, 0.25) is 0 Å². The van der Waals surface area contributed by atoms with E-state index in [1.165, 1.54) is 0 Å². The van der Waals surface area contributed by atoms with Crippen molar-refractivity contribution < 1.29 is 27.8 Å². The quantitative estimate of drug-likeness (QED) is 0.684. The Bertz CT molecular complexity index is 537. The maximum Gasteiger partial charge on any atom is 0.446 e. The van der Waals surface area contributed by atoms with Gasteiger partial charge in [-0.1, -0.05) is 0 Å². The molecule has 19 heavy (non-hydrogen) atoms. The van der Waals surface area contributed by atoms with E-state index in [2.05, 4.69) is 4.74 Å². The Morgan fingerprint density at radius 1 is 1.53 bits per heavy atom. The van der Waals surface area contributed by atoms with Crippen LogP contribution in [0.5, 0.6) is 0 Å². The first-order chi connectivity index (χ1) is 8.82. The van der Waals surface area contributed by atoms with Crippen LogP contribution in [-0.2, 0) is 11.3 Å². The average molecular weight is 291 g/mol. The summed E-state index contributed by atoms with van der Waals surface area (Å²) in [7, 11) is 1.02. The monoisotopic (exact) mass is 291 g/mol. The topological polar surface area (TPSA) is 70.3 Å². The van der Waals surface area contributed by atoms with E-state index in [0.29, 0.717) is 0 Å². The van der Waals surface area contributed by atoms with Gasteiger partial charge in [-0.3, -0.25) is 0 Å². The maximum absolute atomic E-state index is 12.5. The van der Waals surface area contributed by atoms with E-state index >= 15 is 0 Å². The highest BCUT2D eigenvalue weighted by molar-refractivity contribution is 8.00. The fraction of sp³-hybridized carbons (Fsp3) is 0.273. The summed E-state index contributed by atoms with van der Waals surface area (Å²) in [5.74, 6) is -1.00. The summed E-state index contributed by atoms with van der Waals surface area (Å²) in [6.45, 7) is -0.724. The molecule has 0 amide bonds. The van der Waals surface area contributed by atoms with Crippen molar-refractivity contribution in [2.75, 3.05) is 7.11 Å². The van der Waals surface area contributed by atoms with E-state index in [4.69, 9.17) is 10.4 Å². The number of nitrogens with zero attached hydrogens (tertiary/aromatic N) is 1. The first-order valence-electron chi connectivity index (χ1n) is 4.84. The number of hydrogen-bond acceptors (Lipinski definition) is 5. The van der Waals surface area contributed by atoms with Crippen molar-refractivity contribution in [2.45, 2.75) is 17.0 Å². The SMILES string of the molecule is COC(=O)c1cc(C#N)cc(CO)c1SC(F)(F)F. The minimum absolute atomic E-state index is 0.0315. The molecule has 8 heteroatoms. The number of ether oxygens (including phenoxy) is 1. The number of aliphatic hydroxyl groups excluding tert-OH is 1. The van der Waals surface area contributed by atoms with Gasteiger partial charge in [0.25, 0.3) is 0 Å². The number of aliphatic hydroxyl groups is 1. The smallest absolute Gasteiger partial charge is 0.446 e. The Hall–Kier alpha value is -1.72. The van der Waals surface area contributed by atoms with Gasteiger partial charge in [0.2, 0.25) is 0 Å². The zero-order valence-corrected chi connectivity index (χ0v) is 10.4. The number of halogens is 3. The van der Waals surface area contributed by atoms with E-state index in [1.807, 2.05) is 0 Å². The number of alkyl halides is 3. The summed E-state index contributed by atoms with van der Waals surface area (Å²) in [4.78, 5) is 11.0. The number of benzene rings is 1. The molecule has 1 aromatic rings. The Labute approximate surface area is 110 Å². The second kappa shape index (κ2) is 5.95. The molecular weight excluding hydrogens is 283 g/mol. The molecule has 0 bridgehead atoms. The van der Waals surface area contributed by atoms with Crippen LogP contribution in [0.4, 0.5) is 13.2 Å². The Morgan fingerprint density at radius 3 is 2.58 bits per heavy atom. The maximum atomic E-state index is 12.5. The van der Waals surface area contributed by atoms with Gasteiger partial charge in [-0.2, -0.15) is 18.4 Å². The van der Waals surface area contributed by atoms with Gasteiger partial charge in [-0.15, -0.1) is 0 Å². The molecule has 0 aliphatic carbocycles. The van der Waals surface area contributed by atoms with E-state index in [-0.39, 0.29) is 11.1 Å². The van der Waals surface area contributed by atoms with Crippen molar-refractivity contribution in [3.05, 3.63) is 28.8 Å². The lowest BCUT2D eigenvalue weighted by atomic mass is 10.1. The number of rotatable bonds is 3. The van der Waals surface area contributed by atoms with Crippen molar-refractivity contribution in [3.8, 4) is 6.07 Å². The molecule has 0 atom stereocenters. The third kappa shape index (κ3) is 3.87. The summed E-state index contributed by atoms with van der Waals surface area (Å²) in [6.07, 6.45) is 0. The fourth-order valence-electron chi connectivity index (χ4n) is 1.37. The van der Waals surface area contributed by atoms with Crippen LogP contribution in [0.3, 0.4) is 0 Å². The number of carbonyl (C=O) groups is 1. The van der Waals surface area contributed by atoms with Crippen LogP contribution in [0.25, 0.3) is 0 Å². The van der Waals surface area contributed by atoms with E-state index < -0.39 is 40.3 Å². The molecule has 4 nitrogen and oxygen atoms in total. The fourth-order valence-corrected chi connectivity index (χ4v) is 2.11. The zero-order valence-electron chi connectivity index (χ0n) is 9.61. The summed E-state index contributed by atoms with van der Waals surface area (Å²) in [5, 5.41) is 17.8. The Morgan fingerprint density at radius 2 is 2.16 bits per heavy atom. The summed E-state index contributed by atoms with van der Waals surface area (Å²) in [6, 6.07) is 3.80. The number of nitriles is 1. The van der Waals surface area contributed by atoms with Crippen molar-refractivity contribution in [2.24, 2.45) is 0 Å². The number of methoxy groups -OCH3 is 1. The minimum atomic E-state index is -4.62. The summed E-state index contributed by atoms with van der Waals surface area (Å²) >= 11 is -0.529. The highest BCUT2D eigenvalue weighted by atomic mass is 32.2. The lowest BCUT2D eigenvalue weighted by Gasteiger charge is -2.14. The van der Waals surface area contributed by atoms with Gasteiger partial charge in [0.05, 0.1) is 30.9 Å². The van der Waals surface area contributed by atoms with Gasteiger partial charge in [0.1, 0.15) is 0 Å². The van der Waals surface area contributed by atoms with Crippen LogP contribution in [0.1, 0.15) is 21.5 Å². The van der Waals surface area contributed by atoms with Crippen molar-refractivity contribution in [1.29, 1.82) is 5.26 Å². The molecule has 0 heterocycles. The Kier molecular flexibility index (Phi) is 4.80. The molecule has 0 aromatic heterocycles. The molecular formula is C11H8F3NO3S. The van der Waals surface area contributed by atoms with Gasteiger partial charge in [0, 0.05) is 4.90 Å². The highest BCUT2D eigenvalue weighted by Gasteiger charge is 2.33. The van der Waals surface area contributed by atoms with E-state index in [1.54, 1.807) is 6.07 Å². The summed E-state index contributed by atoms with van der Waals surface area (Å²) < 4.78 is 41.7. The minimum Gasteiger partial charge on any atom is -0.465 e. The number of thioether (sulfide) groups is 1. The largest absolute Gasteiger partial charge is 0.465 e. The molecule has 102 valence electrons. The second-order valence-electron chi connectivity index (χ2n) is 3.32. The second-order valence-corrected chi connectivity index (χ2v) is 4.40. The van der Waals surface area contributed by atoms with Crippen LogP contribution in [0.15, 0.2) is 17.0 Å². The first kappa shape index (κ1) is 15.3. The van der Waals surface area contributed by atoms with Gasteiger partial charge in [0.15, 0.2) is 0 Å². The lowest BCUT2D eigenvalue weighted by Crippen LogP contribution is -2.10. The molecule has 0 saturated heterocycles. The molecule has 0 aliphatic heterocycles. The summed E-state index contributed by atoms with van der Waals surface area (Å²) in [5.41, 5.74) is -5.20. The van der Waals surface area contributed by atoms with Gasteiger partial charge >= 0.3 is 11.5 Å². The lowest BCUT2D eigenvalue weighted by molar-refractivity contribution is -0.0328. The first-order valence-corrected chi connectivity index (χ1v) is 5.66. The van der Waals surface area contributed by atoms with Crippen LogP contribution in [-0.4, -0.2) is 23.7 Å². The normalized spacial score (nSPS) is 10.9. The number of hydrogen-bond donors (Lipinski definition) is 1. The molecule has 0 radical (unpaired) electrons. The third-order valence-corrected chi connectivity index (χ3v) is 3.01. The van der Waals surface area contributed by atoms with Crippen molar-refractivity contribution in [1.82, 2.24) is 0 Å². The number of carbonyl (C=O) groups excluding carboxylic acids is 1. The molecule has 0 spiro atoms. The van der Waals surface area contributed by atoms with Gasteiger partial charge < -0.3 is 9.84 Å². The van der Waals surface area contributed by atoms with E-state index in [0.717, 1.165) is 19.2 Å². The molecule has 0 aliphatic rings. The average Bonchev–Trinajstić information content (AvgIpc) is 2.36. The molecule has 0 unspecified atom stereocenters. The number of esters is 1. The predicted octanol–water partition coefficient (Wildman–Crippen LogP) is 2.45. The highest BCUT2D eigenvalue weighted by Crippen LogP contribution is 2.41. The van der Waals surface area contributed by atoms with Gasteiger partial charge in [-0.05, 0) is 29.5 Å². The Balaban J connectivity index is 3.47. The van der Waals surface area contributed by atoms with Crippen LogP contribution < -0.4 is 0 Å². The van der Waals surface area contributed by atoms with Crippen molar-refractivity contribution in [3.63, 3.8) is 0 Å². The molecule has 1 aromatic carbocycles. The third-order valence-electron chi connectivity index (χ3n) is 2.09. The predicted molar refractivity (Wildman–Crippen MR) is 60.3 cm³/mol. The molecule has 0 saturated carbocycles. The molecule has 0 fully saturated rings. The van der Waals surface area contributed by atoms with E-state index in [9.17, 15) is 18.0 Å².